The van der Waals surface area contributed by atoms with Crippen LogP contribution >= 0.6 is 0 Å². The van der Waals surface area contributed by atoms with Crippen LogP contribution in [0.5, 0.6) is 0 Å². The fraction of sp³-hybridized carbons (Fsp3) is 0.750. The van der Waals surface area contributed by atoms with Crippen LogP contribution in [0.1, 0.15) is 51.4 Å². The fourth-order valence-electron chi connectivity index (χ4n) is 1.87. The minimum Gasteiger partial charge on any atom is -0.330 e. The number of Topliss-reactive ketones (excluding diaryl/α,β-unsaturated/α-hetero) is 1. The molecule has 1 aliphatic carbocycles. The Balaban J connectivity index is 2.42. The summed E-state index contributed by atoms with van der Waals surface area (Å²) < 4.78 is 0. The summed E-state index contributed by atoms with van der Waals surface area (Å²) in [4.78, 5) is 11.7. The van der Waals surface area contributed by atoms with Crippen LogP contribution in [0.3, 0.4) is 0 Å². The third-order valence-electron chi connectivity index (χ3n) is 2.76. The number of carbonyl (C=O) groups is 1. The van der Waals surface area contributed by atoms with Crippen LogP contribution < -0.4 is 5.73 Å². The summed E-state index contributed by atoms with van der Waals surface area (Å²) in [6.45, 7) is 0.624. The van der Waals surface area contributed by atoms with Gasteiger partial charge in [-0.05, 0) is 44.2 Å². The molecule has 0 aliphatic heterocycles. The summed E-state index contributed by atoms with van der Waals surface area (Å²) in [5, 5.41) is 0. The van der Waals surface area contributed by atoms with Crippen molar-refractivity contribution >= 4 is 5.78 Å². The zero-order valence-corrected chi connectivity index (χ0v) is 8.93. The predicted octanol–water partition coefficient (Wildman–Crippen LogP) is 2.58. The Bertz CT molecular complexity index is 208. The first-order valence-electron chi connectivity index (χ1n) is 5.77. The van der Waals surface area contributed by atoms with E-state index in [4.69, 9.17) is 5.73 Å². The summed E-state index contributed by atoms with van der Waals surface area (Å²) in [5.41, 5.74) is 6.46. The summed E-state index contributed by atoms with van der Waals surface area (Å²) in [6, 6.07) is 0. The van der Waals surface area contributed by atoms with E-state index in [0.29, 0.717) is 18.7 Å². The zero-order valence-electron chi connectivity index (χ0n) is 8.93. The van der Waals surface area contributed by atoms with Crippen molar-refractivity contribution in [3.05, 3.63) is 11.6 Å². The molecule has 2 heteroatoms. The highest BCUT2D eigenvalue weighted by Crippen LogP contribution is 2.18. The average Bonchev–Trinajstić information content (AvgIpc) is 2.13. The SMILES string of the molecule is NCCCC(=O)C1=CCCCCCC1. The third-order valence-corrected chi connectivity index (χ3v) is 2.76. The molecule has 0 saturated carbocycles. The van der Waals surface area contributed by atoms with Gasteiger partial charge in [-0.2, -0.15) is 0 Å². The van der Waals surface area contributed by atoms with Crippen molar-refractivity contribution in [3.8, 4) is 0 Å². The highest BCUT2D eigenvalue weighted by molar-refractivity contribution is 5.95. The van der Waals surface area contributed by atoms with Gasteiger partial charge in [0.25, 0.3) is 0 Å². The van der Waals surface area contributed by atoms with E-state index in [1.54, 1.807) is 0 Å². The van der Waals surface area contributed by atoms with Crippen LogP contribution in [0.2, 0.25) is 0 Å². The second kappa shape index (κ2) is 6.77. The second-order valence-electron chi connectivity index (χ2n) is 4.00. The molecule has 0 fully saturated rings. The molecule has 2 N–H and O–H groups in total. The van der Waals surface area contributed by atoms with Gasteiger partial charge in [-0.25, -0.2) is 0 Å². The first-order valence-corrected chi connectivity index (χ1v) is 5.77. The largest absolute Gasteiger partial charge is 0.330 e. The molecule has 0 atom stereocenters. The van der Waals surface area contributed by atoms with Crippen molar-refractivity contribution < 1.29 is 4.79 Å². The molecule has 1 rings (SSSR count). The van der Waals surface area contributed by atoms with E-state index in [2.05, 4.69) is 6.08 Å². The van der Waals surface area contributed by atoms with Crippen LogP contribution in [0.15, 0.2) is 11.6 Å². The second-order valence-corrected chi connectivity index (χ2v) is 4.00. The maximum atomic E-state index is 11.7. The van der Waals surface area contributed by atoms with Crippen LogP contribution in [-0.2, 0) is 4.79 Å². The van der Waals surface area contributed by atoms with E-state index in [1.165, 1.54) is 25.7 Å². The zero-order chi connectivity index (χ0) is 10.2. The van der Waals surface area contributed by atoms with Gasteiger partial charge < -0.3 is 5.73 Å². The topological polar surface area (TPSA) is 43.1 Å². The number of allylic oxidation sites excluding steroid dienone is 2. The van der Waals surface area contributed by atoms with Crippen molar-refractivity contribution in [2.75, 3.05) is 6.54 Å². The van der Waals surface area contributed by atoms with Crippen LogP contribution in [0.4, 0.5) is 0 Å². The van der Waals surface area contributed by atoms with Gasteiger partial charge in [-0.1, -0.05) is 18.9 Å². The molecular formula is C12H21NO. The van der Waals surface area contributed by atoms with E-state index >= 15 is 0 Å². The highest BCUT2D eigenvalue weighted by atomic mass is 16.1. The van der Waals surface area contributed by atoms with Gasteiger partial charge in [0, 0.05) is 6.42 Å². The summed E-state index contributed by atoms with van der Waals surface area (Å²) in [7, 11) is 0. The lowest BCUT2D eigenvalue weighted by molar-refractivity contribution is -0.115. The molecule has 0 saturated heterocycles. The van der Waals surface area contributed by atoms with Crippen LogP contribution in [-0.4, -0.2) is 12.3 Å². The van der Waals surface area contributed by atoms with Gasteiger partial charge in [-0.3, -0.25) is 4.79 Å². The molecule has 80 valence electrons. The van der Waals surface area contributed by atoms with Crippen molar-refractivity contribution in [1.29, 1.82) is 0 Å². The van der Waals surface area contributed by atoms with Gasteiger partial charge >= 0.3 is 0 Å². The highest BCUT2D eigenvalue weighted by Gasteiger charge is 2.09. The number of hydrogen-bond donors (Lipinski definition) is 1. The number of ketones is 1. The lowest BCUT2D eigenvalue weighted by atomic mass is 9.95. The minimum absolute atomic E-state index is 0.331. The molecule has 0 aromatic heterocycles. The molecule has 0 amide bonds. The van der Waals surface area contributed by atoms with Crippen molar-refractivity contribution in [3.63, 3.8) is 0 Å². The molecule has 14 heavy (non-hydrogen) atoms. The molecule has 0 aromatic rings. The van der Waals surface area contributed by atoms with Gasteiger partial charge in [0.1, 0.15) is 0 Å². The maximum Gasteiger partial charge on any atom is 0.158 e. The Hall–Kier alpha value is -0.630. The van der Waals surface area contributed by atoms with Gasteiger partial charge in [-0.15, -0.1) is 0 Å². The normalized spacial score (nSPS) is 18.2. The van der Waals surface area contributed by atoms with E-state index in [1.807, 2.05) is 0 Å². The first kappa shape index (κ1) is 11.4. The van der Waals surface area contributed by atoms with Crippen LogP contribution in [0, 0.1) is 0 Å². The van der Waals surface area contributed by atoms with Crippen LogP contribution in [0.25, 0.3) is 0 Å². The number of rotatable bonds is 4. The number of hydrogen-bond acceptors (Lipinski definition) is 2. The monoisotopic (exact) mass is 195 g/mol. The van der Waals surface area contributed by atoms with E-state index in [0.717, 1.165) is 24.8 Å². The lowest BCUT2D eigenvalue weighted by Crippen LogP contribution is -2.08. The molecule has 0 aromatic carbocycles. The molecule has 2 nitrogen and oxygen atoms in total. The molecule has 1 aliphatic rings. The molecule has 0 heterocycles. The van der Waals surface area contributed by atoms with Gasteiger partial charge in [0.2, 0.25) is 0 Å². The Morgan fingerprint density at radius 1 is 1.29 bits per heavy atom. The molecular weight excluding hydrogens is 174 g/mol. The van der Waals surface area contributed by atoms with Crippen molar-refractivity contribution in [1.82, 2.24) is 0 Å². The standard InChI is InChI=1S/C12H21NO/c13-10-6-9-12(14)11-7-4-2-1-3-5-8-11/h7H,1-6,8-10,13H2. The first-order chi connectivity index (χ1) is 6.84. The number of nitrogens with two attached hydrogens (primary N) is 1. The quantitative estimate of drug-likeness (QED) is 0.749. The van der Waals surface area contributed by atoms with Gasteiger partial charge in [0.15, 0.2) is 5.78 Å². The molecule has 0 spiro atoms. The van der Waals surface area contributed by atoms with Crippen molar-refractivity contribution in [2.45, 2.75) is 51.4 Å². The fourth-order valence-corrected chi connectivity index (χ4v) is 1.87. The Morgan fingerprint density at radius 3 is 2.86 bits per heavy atom. The third kappa shape index (κ3) is 4.05. The predicted molar refractivity (Wildman–Crippen MR) is 59.1 cm³/mol. The summed E-state index contributed by atoms with van der Waals surface area (Å²) in [6.07, 6.45) is 10.7. The maximum absolute atomic E-state index is 11.7. The average molecular weight is 195 g/mol. The van der Waals surface area contributed by atoms with Gasteiger partial charge in [0.05, 0.1) is 0 Å². The molecule has 0 unspecified atom stereocenters. The van der Waals surface area contributed by atoms with E-state index in [9.17, 15) is 4.79 Å². The number of carbonyl (C=O) groups excluding carboxylic acids is 1. The Labute approximate surface area is 86.6 Å². The smallest absolute Gasteiger partial charge is 0.158 e. The summed E-state index contributed by atoms with van der Waals surface area (Å²) in [5.74, 6) is 0.331. The summed E-state index contributed by atoms with van der Waals surface area (Å²) >= 11 is 0. The van der Waals surface area contributed by atoms with Crippen molar-refractivity contribution in [2.24, 2.45) is 5.73 Å². The Kier molecular flexibility index (Phi) is 5.53. The van der Waals surface area contributed by atoms with E-state index in [-0.39, 0.29) is 0 Å². The molecule has 0 radical (unpaired) electrons. The minimum atomic E-state index is 0.331. The van der Waals surface area contributed by atoms with E-state index < -0.39 is 0 Å². The molecule has 0 bridgehead atoms. The lowest BCUT2D eigenvalue weighted by Gasteiger charge is -2.09. The Morgan fingerprint density at radius 2 is 2.07 bits per heavy atom.